The summed E-state index contributed by atoms with van der Waals surface area (Å²) in [5.74, 6) is 3.57. The van der Waals surface area contributed by atoms with Gasteiger partial charge in [0, 0.05) is 12.6 Å². The van der Waals surface area contributed by atoms with E-state index in [0.717, 1.165) is 11.0 Å². The number of nitrogens with zero attached hydrogens (tertiary/aromatic N) is 1. The van der Waals surface area contributed by atoms with Crippen LogP contribution in [0.3, 0.4) is 0 Å². The lowest BCUT2D eigenvalue weighted by Gasteiger charge is -2.16. The number of alkyl halides is 2. The van der Waals surface area contributed by atoms with Gasteiger partial charge in [0.2, 0.25) is 0 Å². The Labute approximate surface area is 109 Å². The van der Waals surface area contributed by atoms with Crippen LogP contribution in [0.15, 0.2) is 18.2 Å². The van der Waals surface area contributed by atoms with Gasteiger partial charge in [0.25, 0.3) is 12.3 Å². The first-order valence-electron chi connectivity index (χ1n) is 5.47. The molecule has 0 spiro atoms. The predicted molar refractivity (Wildman–Crippen MR) is 65.3 cm³/mol. The van der Waals surface area contributed by atoms with Crippen molar-refractivity contribution in [2.24, 2.45) is 5.73 Å². The second-order valence-corrected chi connectivity index (χ2v) is 3.78. The van der Waals surface area contributed by atoms with E-state index in [1.165, 1.54) is 19.2 Å². The molecule has 0 aromatic heterocycles. The Morgan fingerprint density at radius 1 is 1.47 bits per heavy atom. The van der Waals surface area contributed by atoms with Crippen LogP contribution in [0.2, 0.25) is 0 Å². The van der Waals surface area contributed by atoms with Crippen LogP contribution in [0.4, 0.5) is 13.2 Å². The zero-order chi connectivity index (χ0) is 14.4. The Balaban J connectivity index is 2.93. The average Bonchev–Trinajstić information content (AvgIpc) is 2.34. The van der Waals surface area contributed by atoms with E-state index in [-0.39, 0.29) is 12.1 Å². The van der Waals surface area contributed by atoms with Crippen molar-refractivity contribution in [2.75, 3.05) is 20.1 Å². The summed E-state index contributed by atoms with van der Waals surface area (Å²) in [4.78, 5) is 12.5. The summed E-state index contributed by atoms with van der Waals surface area (Å²) >= 11 is 0. The maximum absolute atomic E-state index is 13.7. The monoisotopic (exact) mass is 270 g/mol. The van der Waals surface area contributed by atoms with E-state index in [2.05, 4.69) is 11.8 Å². The second-order valence-electron chi connectivity index (χ2n) is 3.78. The summed E-state index contributed by atoms with van der Waals surface area (Å²) in [5.41, 5.74) is 5.29. The minimum absolute atomic E-state index is 0.138. The minimum Gasteiger partial charge on any atom is -0.336 e. The van der Waals surface area contributed by atoms with Gasteiger partial charge in [-0.1, -0.05) is 11.8 Å². The molecule has 2 N–H and O–H groups in total. The third-order valence-electron chi connectivity index (χ3n) is 2.29. The SMILES string of the molecule is CN(CC(F)F)C(=O)c1ccc(C#CCN)cc1F. The largest absolute Gasteiger partial charge is 0.336 e. The number of hydrogen-bond donors (Lipinski definition) is 1. The minimum atomic E-state index is -2.66. The molecule has 3 nitrogen and oxygen atoms in total. The molecule has 0 fully saturated rings. The molecule has 1 amide bonds. The number of carbonyl (C=O) groups excluding carboxylic acids is 1. The summed E-state index contributed by atoms with van der Waals surface area (Å²) < 4.78 is 38.0. The molecule has 1 aromatic rings. The zero-order valence-electron chi connectivity index (χ0n) is 10.3. The molecule has 0 unspecified atom stereocenters. The number of hydrogen-bond acceptors (Lipinski definition) is 2. The highest BCUT2D eigenvalue weighted by molar-refractivity contribution is 5.94. The highest BCUT2D eigenvalue weighted by atomic mass is 19.3. The summed E-state index contributed by atoms with van der Waals surface area (Å²) in [6.45, 7) is -0.605. The zero-order valence-corrected chi connectivity index (χ0v) is 10.3. The summed E-state index contributed by atoms with van der Waals surface area (Å²) in [7, 11) is 1.19. The average molecular weight is 270 g/mol. The van der Waals surface area contributed by atoms with Gasteiger partial charge in [-0.05, 0) is 18.2 Å². The van der Waals surface area contributed by atoms with Crippen molar-refractivity contribution in [2.45, 2.75) is 6.43 Å². The van der Waals surface area contributed by atoms with Gasteiger partial charge in [0.05, 0.1) is 18.7 Å². The highest BCUT2D eigenvalue weighted by Gasteiger charge is 2.19. The number of amides is 1. The number of carbonyl (C=O) groups is 1. The van der Waals surface area contributed by atoms with Crippen molar-refractivity contribution in [1.29, 1.82) is 0 Å². The topological polar surface area (TPSA) is 46.3 Å². The molecule has 0 aliphatic heterocycles. The van der Waals surface area contributed by atoms with E-state index in [1.807, 2.05) is 0 Å². The Bertz CT molecular complexity index is 520. The lowest BCUT2D eigenvalue weighted by atomic mass is 10.1. The van der Waals surface area contributed by atoms with Crippen molar-refractivity contribution in [3.8, 4) is 11.8 Å². The van der Waals surface area contributed by atoms with Crippen LogP contribution in [0.5, 0.6) is 0 Å². The second kappa shape index (κ2) is 6.81. The number of benzene rings is 1. The fourth-order valence-electron chi connectivity index (χ4n) is 1.41. The van der Waals surface area contributed by atoms with E-state index >= 15 is 0 Å². The van der Waals surface area contributed by atoms with E-state index < -0.39 is 24.7 Å². The van der Waals surface area contributed by atoms with Crippen LogP contribution in [0.1, 0.15) is 15.9 Å². The van der Waals surface area contributed by atoms with Gasteiger partial charge in [-0.15, -0.1) is 0 Å². The lowest BCUT2D eigenvalue weighted by molar-refractivity contribution is 0.0616. The molecule has 0 radical (unpaired) electrons. The molecule has 0 aliphatic carbocycles. The molecular formula is C13H13F3N2O. The van der Waals surface area contributed by atoms with Crippen LogP contribution >= 0.6 is 0 Å². The quantitative estimate of drug-likeness (QED) is 0.845. The van der Waals surface area contributed by atoms with Crippen LogP contribution in [0, 0.1) is 17.7 Å². The van der Waals surface area contributed by atoms with Gasteiger partial charge in [0.1, 0.15) is 5.82 Å². The molecule has 19 heavy (non-hydrogen) atoms. The Kier molecular flexibility index (Phi) is 5.39. The standard InChI is InChI=1S/C13H13F3N2O/c1-18(8-12(15)16)13(19)10-5-4-9(3-2-6-17)7-11(10)14/h4-5,7,12H,6,8,17H2,1H3. The van der Waals surface area contributed by atoms with Crippen molar-refractivity contribution in [3.63, 3.8) is 0 Å². The maximum atomic E-state index is 13.7. The van der Waals surface area contributed by atoms with Crippen LogP contribution in [-0.2, 0) is 0 Å². The first kappa shape index (κ1) is 15.1. The third kappa shape index (κ3) is 4.30. The first-order chi connectivity index (χ1) is 8.95. The number of nitrogens with two attached hydrogens (primary N) is 1. The van der Waals surface area contributed by atoms with Gasteiger partial charge in [-0.3, -0.25) is 4.79 Å². The fraction of sp³-hybridized carbons (Fsp3) is 0.308. The molecule has 0 aliphatic rings. The van der Waals surface area contributed by atoms with Crippen molar-refractivity contribution >= 4 is 5.91 Å². The molecule has 6 heteroatoms. The molecule has 0 heterocycles. The van der Waals surface area contributed by atoms with E-state index in [9.17, 15) is 18.0 Å². The molecule has 102 valence electrons. The van der Waals surface area contributed by atoms with Crippen LogP contribution in [0.25, 0.3) is 0 Å². The molecule has 0 saturated heterocycles. The summed E-state index contributed by atoms with van der Waals surface area (Å²) in [6, 6.07) is 3.74. The molecule has 0 bridgehead atoms. The number of rotatable bonds is 3. The molecule has 0 saturated carbocycles. The van der Waals surface area contributed by atoms with Crippen LogP contribution in [-0.4, -0.2) is 37.4 Å². The summed E-state index contributed by atoms with van der Waals surface area (Å²) in [6.07, 6.45) is -2.66. The summed E-state index contributed by atoms with van der Waals surface area (Å²) in [5, 5.41) is 0. The number of halogens is 3. The van der Waals surface area contributed by atoms with E-state index in [0.29, 0.717) is 5.56 Å². The van der Waals surface area contributed by atoms with E-state index in [1.54, 1.807) is 0 Å². The van der Waals surface area contributed by atoms with Crippen molar-refractivity contribution < 1.29 is 18.0 Å². The lowest BCUT2D eigenvalue weighted by Crippen LogP contribution is -2.31. The van der Waals surface area contributed by atoms with Gasteiger partial charge in [-0.25, -0.2) is 13.2 Å². The Morgan fingerprint density at radius 2 is 2.16 bits per heavy atom. The first-order valence-corrected chi connectivity index (χ1v) is 5.47. The molecular weight excluding hydrogens is 257 g/mol. The van der Waals surface area contributed by atoms with Gasteiger partial charge >= 0.3 is 0 Å². The predicted octanol–water partition coefficient (Wildman–Crippen LogP) is 1.47. The smallest absolute Gasteiger partial charge is 0.256 e. The highest BCUT2D eigenvalue weighted by Crippen LogP contribution is 2.12. The van der Waals surface area contributed by atoms with Gasteiger partial charge < -0.3 is 10.6 Å². The van der Waals surface area contributed by atoms with Crippen LogP contribution < -0.4 is 5.73 Å². The van der Waals surface area contributed by atoms with Gasteiger partial charge in [-0.2, -0.15) is 0 Å². The third-order valence-corrected chi connectivity index (χ3v) is 2.29. The molecule has 1 aromatic carbocycles. The van der Waals surface area contributed by atoms with Crippen molar-refractivity contribution in [3.05, 3.63) is 35.1 Å². The fourth-order valence-corrected chi connectivity index (χ4v) is 1.41. The Morgan fingerprint density at radius 3 is 2.68 bits per heavy atom. The van der Waals surface area contributed by atoms with Gasteiger partial charge in [0.15, 0.2) is 0 Å². The van der Waals surface area contributed by atoms with Crippen molar-refractivity contribution in [1.82, 2.24) is 4.90 Å². The maximum Gasteiger partial charge on any atom is 0.256 e. The van der Waals surface area contributed by atoms with E-state index in [4.69, 9.17) is 5.73 Å². The Hall–Kier alpha value is -2.00. The molecule has 1 rings (SSSR count). The molecule has 0 atom stereocenters. The normalized spacial score (nSPS) is 10.0.